The fraction of sp³-hybridized carbons (Fsp3) is 0.421. The van der Waals surface area contributed by atoms with Gasteiger partial charge in [-0.25, -0.2) is 4.39 Å². The number of carbonyl (C=O) groups is 3. The second kappa shape index (κ2) is 9.27. The smallest absolute Gasteiger partial charge is 0.303 e. The molecule has 0 bridgehead atoms. The third kappa shape index (κ3) is 5.37. The summed E-state index contributed by atoms with van der Waals surface area (Å²) < 4.78 is 23.7. The molecule has 1 aromatic rings. The van der Waals surface area contributed by atoms with Gasteiger partial charge in [0.05, 0.1) is 6.61 Å². The molecule has 2 rings (SSSR count). The Hall–Kier alpha value is -2.74. The van der Waals surface area contributed by atoms with Gasteiger partial charge < -0.3 is 19.7 Å². The molecule has 1 fully saturated rings. The zero-order valence-corrected chi connectivity index (χ0v) is 15.3. The lowest BCUT2D eigenvalue weighted by molar-refractivity contribution is -0.169. The normalized spacial score (nSPS) is 19.1. The third-order valence-corrected chi connectivity index (χ3v) is 4.00. The summed E-state index contributed by atoms with van der Waals surface area (Å²) in [5.41, 5.74) is 0.469. The number of morpholine rings is 1. The fourth-order valence-electron chi connectivity index (χ4n) is 2.77. The number of nitrogens with one attached hydrogen (secondary N) is 1. The number of ether oxygens (including phenoxy) is 2. The average molecular weight is 378 g/mol. The molecule has 7 nitrogen and oxygen atoms in total. The summed E-state index contributed by atoms with van der Waals surface area (Å²) in [5.74, 6) is -2.30. The van der Waals surface area contributed by atoms with Gasteiger partial charge >= 0.3 is 5.97 Å². The van der Waals surface area contributed by atoms with Crippen molar-refractivity contribution in [2.45, 2.75) is 38.5 Å². The van der Waals surface area contributed by atoms with Gasteiger partial charge in [0.25, 0.3) is 11.8 Å². The van der Waals surface area contributed by atoms with E-state index in [1.54, 1.807) is 13.0 Å². The van der Waals surface area contributed by atoms with Crippen LogP contribution < -0.4 is 10.2 Å². The number of carbonyl (C=O) groups excluding carboxylic acids is 3. The molecule has 27 heavy (non-hydrogen) atoms. The predicted octanol–water partition coefficient (Wildman–Crippen LogP) is 1.57. The first kappa shape index (κ1) is 20.6. The molecule has 0 spiro atoms. The molecule has 0 radical (unpaired) electrons. The Labute approximate surface area is 157 Å². The molecule has 3 atom stereocenters. The zero-order valence-electron chi connectivity index (χ0n) is 15.3. The first-order valence-corrected chi connectivity index (χ1v) is 8.60. The van der Waals surface area contributed by atoms with E-state index in [4.69, 9.17) is 9.47 Å². The molecule has 0 saturated carbocycles. The highest BCUT2D eigenvalue weighted by Crippen LogP contribution is 2.22. The third-order valence-electron chi connectivity index (χ3n) is 4.00. The molecule has 1 heterocycles. The van der Waals surface area contributed by atoms with Gasteiger partial charge in [-0.2, -0.15) is 0 Å². The minimum absolute atomic E-state index is 0.140. The van der Waals surface area contributed by atoms with Gasteiger partial charge in [0.15, 0.2) is 6.10 Å². The number of benzene rings is 1. The van der Waals surface area contributed by atoms with E-state index in [1.165, 1.54) is 29.2 Å². The Kier molecular flexibility index (Phi) is 7.06. The van der Waals surface area contributed by atoms with Crippen molar-refractivity contribution in [1.82, 2.24) is 5.32 Å². The number of halogens is 1. The molecule has 1 aliphatic rings. The van der Waals surface area contributed by atoms with Crippen molar-refractivity contribution in [1.29, 1.82) is 0 Å². The summed E-state index contributed by atoms with van der Waals surface area (Å²) in [6.07, 6.45) is -0.557. The van der Waals surface area contributed by atoms with E-state index in [1.807, 2.05) is 0 Å². The topological polar surface area (TPSA) is 84.9 Å². The first-order valence-electron chi connectivity index (χ1n) is 8.60. The highest BCUT2D eigenvalue weighted by Gasteiger charge is 2.42. The lowest BCUT2D eigenvalue weighted by atomic mass is 10.1. The van der Waals surface area contributed by atoms with E-state index in [2.05, 4.69) is 11.9 Å². The van der Waals surface area contributed by atoms with Crippen molar-refractivity contribution < 1.29 is 28.2 Å². The monoisotopic (exact) mass is 378 g/mol. The van der Waals surface area contributed by atoms with Crippen molar-refractivity contribution in [2.75, 3.05) is 18.1 Å². The van der Waals surface area contributed by atoms with Crippen molar-refractivity contribution in [2.24, 2.45) is 0 Å². The van der Waals surface area contributed by atoms with Crippen LogP contribution in [0.1, 0.15) is 20.3 Å². The predicted molar refractivity (Wildman–Crippen MR) is 96.5 cm³/mol. The van der Waals surface area contributed by atoms with Crippen LogP contribution in [0.3, 0.4) is 0 Å². The van der Waals surface area contributed by atoms with Gasteiger partial charge in [-0.05, 0) is 37.6 Å². The molecular weight excluding hydrogens is 355 g/mol. The Bertz CT molecular complexity index is 707. The van der Waals surface area contributed by atoms with Gasteiger partial charge in [0.1, 0.15) is 5.82 Å². The number of esters is 1. The van der Waals surface area contributed by atoms with Crippen LogP contribution in [0.15, 0.2) is 36.9 Å². The molecule has 1 aliphatic heterocycles. The largest absolute Gasteiger partial charge is 0.449 e. The number of rotatable bonds is 7. The van der Waals surface area contributed by atoms with Gasteiger partial charge in [-0.15, -0.1) is 6.58 Å². The summed E-state index contributed by atoms with van der Waals surface area (Å²) in [6, 6.07) is 5.14. The van der Waals surface area contributed by atoms with Crippen LogP contribution in [0.5, 0.6) is 0 Å². The summed E-state index contributed by atoms with van der Waals surface area (Å²) in [5, 5.41) is 2.68. The van der Waals surface area contributed by atoms with Crippen molar-refractivity contribution in [3.63, 3.8) is 0 Å². The molecule has 1 saturated heterocycles. The van der Waals surface area contributed by atoms with Crippen LogP contribution in [-0.4, -0.2) is 49.2 Å². The molecule has 8 heteroatoms. The van der Waals surface area contributed by atoms with Crippen molar-refractivity contribution >= 4 is 23.5 Å². The van der Waals surface area contributed by atoms with Crippen molar-refractivity contribution in [3.05, 3.63) is 42.7 Å². The Morgan fingerprint density at radius 1 is 1.44 bits per heavy atom. The number of hydrogen-bond acceptors (Lipinski definition) is 5. The standard InChI is InChI=1S/C19H23FN2O5/c1-4-5-12(2)21-18(24)16(27-13(3)23)17-19(25)22(10-11-26-17)15-8-6-14(20)7-9-15/h4,6-9,12,16-17H,1,5,10-11H2,2-3H3,(H,21,24)/t12?,16-,17-/m1/s1. The maximum Gasteiger partial charge on any atom is 0.303 e. The summed E-state index contributed by atoms with van der Waals surface area (Å²) in [6.45, 7) is 6.90. The highest BCUT2D eigenvalue weighted by molar-refractivity contribution is 6.01. The second-order valence-corrected chi connectivity index (χ2v) is 6.22. The SMILES string of the molecule is C=CCC(C)NC(=O)[C@H](OC(C)=O)[C@H]1OCCN(c2ccc(F)cc2)C1=O. The second-order valence-electron chi connectivity index (χ2n) is 6.22. The van der Waals surface area contributed by atoms with Crippen molar-refractivity contribution in [3.8, 4) is 0 Å². The molecule has 1 aromatic carbocycles. The lowest BCUT2D eigenvalue weighted by Gasteiger charge is -2.35. The van der Waals surface area contributed by atoms with E-state index in [-0.39, 0.29) is 19.2 Å². The zero-order chi connectivity index (χ0) is 20.0. The average Bonchev–Trinajstić information content (AvgIpc) is 2.61. The van der Waals surface area contributed by atoms with E-state index in [0.717, 1.165) is 6.92 Å². The fourth-order valence-corrected chi connectivity index (χ4v) is 2.77. The molecule has 0 aliphatic carbocycles. The van der Waals surface area contributed by atoms with E-state index in [0.29, 0.717) is 12.1 Å². The molecule has 1 unspecified atom stereocenters. The molecule has 2 amide bonds. The quantitative estimate of drug-likeness (QED) is 0.575. The van der Waals surface area contributed by atoms with Crippen LogP contribution in [0, 0.1) is 5.82 Å². The number of anilines is 1. The Balaban J connectivity index is 2.21. The maximum absolute atomic E-state index is 13.1. The van der Waals surface area contributed by atoms with Crippen LogP contribution >= 0.6 is 0 Å². The Morgan fingerprint density at radius 3 is 2.70 bits per heavy atom. The summed E-state index contributed by atoms with van der Waals surface area (Å²) in [7, 11) is 0. The van der Waals surface area contributed by atoms with Gasteiger partial charge in [0.2, 0.25) is 6.10 Å². The van der Waals surface area contributed by atoms with Gasteiger partial charge in [-0.1, -0.05) is 6.08 Å². The van der Waals surface area contributed by atoms with Crippen LogP contribution in [0.4, 0.5) is 10.1 Å². The van der Waals surface area contributed by atoms with Crippen LogP contribution in [0.2, 0.25) is 0 Å². The van der Waals surface area contributed by atoms with E-state index >= 15 is 0 Å². The summed E-state index contributed by atoms with van der Waals surface area (Å²) >= 11 is 0. The minimum atomic E-state index is -1.43. The Morgan fingerprint density at radius 2 is 2.11 bits per heavy atom. The van der Waals surface area contributed by atoms with E-state index < -0.39 is 35.8 Å². The van der Waals surface area contributed by atoms with Crippen LogP contribution in [0.25, 0.3) is 0 Å². The lowest BCUT2D eigenvalue weighted by Crippen LogP contribution is -2.58. The molecule has 1 N–H and O–H groups in total. The number of hydrogen-bond donors (Lipinski definition) is 1. The number of amides is 2. The molecular formula is C19H23FN2O5. The molecule has 0 aromatic heterocycles. The van der Waals surface area contributed by atoms with Crippen LogP contribution in [-0.2, 0) is 23.9 Å². The van der Waals surface area contributed by atoms with E-state index in [9.17, 15) is 18.8 Å². The highest BCUT2D eigenvalue weighted by atomic mass is 19.1. The molecule has 146 valence electrons. The minimum Gasteiger partial charge on any atom is -0.449 e. The first-order chi connectivity index (χ1) is 12.8. The van der Waals surface area contributed by atoms with Gasteiger partial charge in [0, 0.05) is 25.2 Å². The van der Waals surface area contributed by atoms with Gasteiger partial charge in [-0.3, -0.25) is 14.4 Å². The number of nitrogens with zero attached hydrogens (tertiary/aromatic N) is 1. The maximum atomic E-state index is 13.1. The summed E-state index contributed by atoms with van der Waals surface area (Å²) in [4.78, 5) is 38.3.